The van der Waals surface area contributed by atoms with Gasteiger partial charge in [0.25, 0.3) is 15.6 Å². The lowest BCUT2D eigenvalue weighted by atomic mass is 10.1. The number of nitrogens with one attached hydrogen (secondary N) is 1. The number of rotatable bonds is 6. The fourth-order valence-corrected chi connectivity index (χ4v) is 4.78. The van der Waals surface area contributed by atoms with E-state index >= 15 is 0 Å². The summed E-state index contributed by atoms with van der Waals surface area (Å²) in [6, 6.07) is 16.6. The quantitative estimate of drug-likeness (QED) is 0.465. The first-order chi connectivity index (χ1) is 15.7. The Kier molecular flexibility index (Phi) is 5.82. The second-order valence-corrected chi connectivity index (χ2v) is 9.12. The van der Waals surface area contributed by atoms with Gasteiger partial charge in [-0.2, -0.15) is 0 Å². The van der Waals surface area contributed by atoms with Crippen LogP contribution in [0.2, 0.25) is 0 Å². The van der Waals surface area contributed by atoms with Crippen LogP contribution in [0, 0.1) is 13.8 Å². The predicted octanol–water partition coefficient (Wildman–Crippen LogP) is 3.82. The minimum Gasteiger partial charge on any atom is -0.493 e. The Morgan fingerprint density at radius 3 is 2.33 bits per heavy atom. The Morgan fingerprint density at radius 2 is 1.64 bits per heavy atom. The van der Waals surface area contributed by atoms with Gasteiger partial charge in [0.05, 0.1) is 41.4 Å². The first kappa shape index (κ1) is 22.3. The molecule has 0 radical (unpaired) electrons. The van der Waals surface area contributed by atoms with Crippen molar-refractivity contribution in [1.29, 1.82) is 0 Å². The van der Waals surface area contributed by atoms with Gasteiger partial charge in [0.1, 0.15) is 5.82 Å². The molecule has 0 saturated carbocycles. The van der Waals surface area contributed by atoms with Crippen molar-refractivity contribution < 1.29 is 17.9 Å². The van der Waals surface area contributed by atoms with Crippen LogP contribution in [0.3, 0.4) is 0 Å². The number of hydrogen-bond donors (Lipinski definition) is 1. The standard InChI is InChI=1S/C24H23N3O5S/c1-15-13-17(27-16(2)25-21-8-6-5-7-19(21)24(27)28)9-11-20(15)26-33(29,30)18-10-12-22(31-3)23(14-18)32-4/h5-14,26H,1-4H3. The number of nitrogens with zero attached hydrogens (tertiary/aromatic N) is 2. The lowest BCUT2D eigenvalue weighted by Crippen LogP contribution is -2.22. The summed E-state index contributed by atoms with van der Waals surface area (Å²) in [5.74, 6) is 1.28. The van der Waals surface area contributed by atoms with Gasteiger partial charge in [-0.05, 0) is 61.9 Å². The van der Waals surface area contributed by atoms with Crippen LogP contribution in [-0.2, 0) is 10.0 Å². The van der Waals surface area contributed by atoms with Gasteiger partial charge in [-0.1, -0.05) is 12.1 Å². The van der Waals surface area contributed by atoms with Crippen molar-refractivity contribution in [3.8, 4) is 17.2 Å². The molecule has 4 aromatic rings. The topological polar surface area (TPSA) is 99.5 Å². The molecule has 1 heterocycles. The molecule has 4 rings (SSSR count). The van der Waals surface area contributed by atoms with Gasteiger partial charge >= 0.3 is 0 Å². The van der Waals surface area contributed by atoms with E-state index in [1.165, 1.54) is 37.0 Å². The summed E-state index contributed by atoms with van der Waals surface area (Å²) < 4.78 is 40.4. The molecule has 170 valence electrons. The normalized spacial score (nSPS) is 11.4. The van der Waals surface area contributed by atoms with E-state index in [2.05, 4.69) is 9.71 Å². The number of para-hydroxylation sites is 1. The number of ether oxygens (including phenoxy) is 2. The Morgan fingerprint density at radius 1 is 0.909 bits per heavy atom. The molecule has 0 fully saturated rings. The monoisotopic (exact) mass is 465 g/mol. The van der Waals surface area contributed by atoms with Crippen LogP contribution in [0.1, 0.15) is 11.4 Å². The Hall–Kier alpha value is -3.85. The SMILES string of the molecule is COc1ccc(S(=O)(=O)Nc2ccc(-n3c(C)nc4ccccc4c3=O)cc2C)cc1OC. The molecule has 0 unspecified atom stereocenters. The number of fused-ring (bicyclic) bond motifs is 1. The minimum atomic E-state index is -3.88. The molecule has 0 amide bonds. The third-order valence-electron chi connectivity index (χ3n) is 5.32. The van der Waals surface area contributed by atoms with Crippen LogP contribution >= 0.6 is 0 Å². The maximum Gasteiger partial charge on any atom is 0.265 e. The average Bonchev–Trinajstić information content (AvgIpc) is 2.80. The minimum absolute atomic E-state index is 0.0365. The smallest absolute Gasteiger partial charge is 0.265 e. The molecule has 33 heavy (non-hydrogen) atoms. The van der Waals surface area contributed by atoms with Crippen LogP contribution in [0.5, 0.6) is 11.5 Å². The molecule has 0 atom stereocenters. The summed E-state index contributed by atoms with van der Waals surface area (Å²) in [7, 11) is -0.962. The second-order valence-electron chi connectivity index (χ2n) is 7.44. The Bertz CT molecular complexity index is 1530. The van der Waals surface area contributed by atoms with E-state index in [1.54, 1.807) is 50.2 Å². The van der Waals surface area contributed by atoms with Gasteiger partial charge in [-0.25, -0.2) is 13.4 Å². The fourth-order valence-electron chi connectivity index (χ4n) is 3.64. The van der Waals surface area contributed by atoms with Crippen molar-refractivity contribution in [1.82, 2.24) is 9.55 Å². The Labute approximate surface area is 191 Å². The van der Waals surface area contributed by atoms with Crippen molar-refractivity contribution in [2.75, 3.05) is 18.9 Å². The number of hydrogen-bond acceptors (Lipinski definition) is 6. The van der Waals surface area contributed by atoms with Crippen molar-refractivity contribution >= 4 is 26.6 Å². The highest BCUT2D eigenvalue weighted by molar-refractivity contribution is 7.92. The highest BCUT2D eigenvalue weighted by Gasteiger charge is 2.19. The van der Waals surface area contributed by atoms with Gasteiger partial charge in [-0.15, -0.1) is 0 Å². The number of aryl methyl sites for hydroxylation is 2. The summed E-state index contributed by atoms with van der Waals surface area (Å²) in [6.07, 6.45) is 0. The van der Waals surface area contributed by atoms with Crippen LogP contribution in [0.25, 0.3) is 16.6 Å². The lowest BCUT2D eigenvalue weighted by Gasteiger charge is -2.15. The van der Waals surface area contributed by atoms with Gasteiger partial charge in [0.15, 0.2) is 11.5 Å². The number of methoxy groups -OCH3 is 2. The lowest BCUT2D eigenvalue weighted by molar-refractivity contribution is 0.354. The summed E-state index contributed by atoms with van der Waals surface area (Å²) in [5, 5.41) is 0.513. The molecule has 0 bridgehead atoms. The summed E-state index contributed by atoms with van der Waals surface area (Å²) in [5.41, 5.74) is 2.09. The zero-order valence-corrected chi connectivity index (χ0v) is 19.4. The molecule has 0 spiro atoms. The highest BCUT2D eigenvalue weighted by Crippen LogP contribution is 2.31. The molecule has 8 nitrogen and oxygen atoms in total. The molecule has 0 saturated heterocycles. The molecule has 1 aromatic heterocycles. The van der Waals surface area contributed by atoms with Crippen LogP contribution in [0.15, 0.2) is 70.4 Å². The van der Waals surface area contributed by atoms with Gasteiger partial charge < -0.3 is 9.47 Å². The maximum absolute atomic E-state index is 13.1. The predicted molar refractivity (Wildman–Crippen MR) is 127 cm³/mol. The second kappa shape index (κ2) is 8.59. The largest absolute Gasteiger partial charge is 0.493 e. The fraction of sp³-hybridized carbons (Fsp3) is 0.167. The summed E-state index contributed by atoms with van der Waals surface area (Å²) in [4.78, 5) is 17.6. The summed E-state index contributed by atoms with van der Waals surface area (Å²) >= 11 is 0. The van der Waals surface area contributed by atoms with E-state index in [9.17, 15) is 13.2 Å². The zero-order valence-electron chi connectivity index (χ0n) is 18.6. The molecule has 3 aromatic carbocycles. The van der Waals surface area contributed by atoms with Gasteiger partial charge in [0, 0.05) is 6.07 Å². The molecule has 1 N–H and O–H groups in total. The average molecular weight is 466 g/mol. The van der Waals surface area contributed by atoms with Crippen molar-refractivity contribution in [3.63, 3.8) is 0 Å². The molecule has 0 aliphatic carbocycles. The van der Waals surface area contributed by atoms with Gasteiger partial charge in [0.2, 0.25) is 0 Å². The van der Waals surface area contributed by atoms with Crippen molar-refractivity contribution in [3.05, 3.63) is 82.4 Å². The van der Waals surface area contributed by atoms with E-state index in [-0.39, 0.29) is 10.5 Å². The molecular formula is C24H23N3O5S. The number of sulfonamides is 1. The molecule has 9 heteroatoms. The zero-order chi connectivity index (χ0) is 23.8. The first-order valence-corrected chi connectivity index (χ1v) is 11.6. The van der Waals surface area contributed by atoms with Gasteiger partial charge in [-0.3, -0.25) is 14.1 Å². The molecule has 0 aliphatic heterocycles. The van der Waals surface area contributed by atoms with E-state index in [4.69, 9.17) is 9.47 Å². The molecular weight excluding hydrogens is 442 g/mol. The third-order valence-corrected chi connectivity index (χ3v) is 6.68. The number of anilines is 1. The van der Waals surface area contributed by atoms with E-state index < -0.39 is 10.0 Å². The van der Waals surface area contributed by atoms with Crippen LogP contribution in [0.4, 0.5) is 5.69 Å². The van der Waals surface area contributed by atoms with Crippen molar-refractivity contribution in [2.45, 2.75) is 18.7 Å². The van der Waals surface area contributed by atoms with E-state index in [0.717, 1.165) is 0 Å². The third kappa shape index (κ3) is 4.14. The Balaban J connectivity index is 1.71. The molecule has 0 aliphatic rings. The first-order valence-electron chi connectivity index (χ1n) is 10.1. The highest BCUT2D eigenvalue weighted by atomic mass is 32.2. The van der Waals surface area contributed by atoms with Crippen LogP contribution < -0.4 is 19.8 Å². The number of aromatic nitrogens is 2. The maximum atomic E-state index is 13.1. The van der Waals surface area contributed by atoms with Crippen LogP contribution in [-0.4, -0.2) is 32.2 Å². The van der Waals surface area contributed by atoms with Crippen molar-refractivity contribution in [2.24, 2.45) is 0 Å². The number of benzene rings is 3. The summed E-state index contributed by atoms with van der Waals surface area (Å²) in [6.45, 7) is 3.53. The van der Waals surface area contributed by atoms with E-state index in [0.29, 0.717) is 45.2 Å². The van der Waals surface area contributed by atoms with E-state index in [1.807, 2.05) is 6.07 Å².